The van der Waals surface area contributed by atoms with Gasteiger partial charge in [0.15, 0.2) is 6.17 Å². The predicted octanol–water partition coefficient (Wildman–Crippen LogP) is 4.28. The summed E-state index contributed by atoms with van der Waals surface area (Å²) in [5, 5.41) is 13.8. The monoisotopic (exact) mass is 427 g/mol. The smallest absolute Gasteiger partial charge is 0.260 e. The van der Waals surface area contributed by atoms with E-state index in [1.165, 1.54) is 31.4 Å². The first kappa shape index (κ1) is 22.1. The van der Waals surface area contributed by atoms with Crippen molar-refractivity contribution < 1.29 is 18.3 Å². The summed E-state index contributed by atoms with van der Waals surface area (Å²) in [4.78, 5) is 17.0. The number of azo groups is 1. The molecule has 2 N–H and O–H groups in total. The molecule has 0 spiro atoms. The van der Waals surface area contributed by atoms with Crippen LogP contribution in [0.1, 0.15) is 36.7 Å². The lowest BCUT2D eigenvalue weighted by atomic mass is 10.1. The normalized spacial score (nSPS) is 16.1. The van der Waals surface area contributed by atoms with Crippen LogP contribution < -0.4 is 15.4 Å². The predicted molar refractivity (Wildman–Crippen MR) is 114 cm³/mol. The molecule has 1 atom stereocenters. The number of ether oxygens (including phenoxy) is 1. The SMILES string of the molecule is COc1ccc(C(=O)NC(=NC2C=C(c3ccc(F)cc3)N=N2)NC(C)(C)C)c(F)c1. The van der Waals surface area contributed by atoms with Gasteiger partial charge in [-0.15, -0.1) is 0 Å². The van der Waals surface area contributed by atoms with E-state index in [2.05, 4.69) is 25.9 Å². The van der Waals surface area contributed by atoms with Crippen molar-refractivity contribution in [2.24, 2.45) is 15.2 Å². The van der Waals surface area contributed by atoms with E-state index in [-0.39, 0.29) is 17.3 Å². The lowest BCUT2D eigenvalue weighted by Crippen LogP contribution is -2.50. The fourth-order valence-electron chi connectivity index (χ4n) is 2.73. The molecular weight excluding hydrogens is 404 g/mol. The van der Waals surface area contributed by atoms with Gasteiger partial charge in [0.05, 0.1) is 18.4 Å². The molecule has 2 aromatic rings. The second-order valence-electron chi connectivity index (χ2n) is 7.84. The highest BCUT2D eigenvalue weighted by Gasteiger charge is 2.21. The standard InChI is InChI=1S/C22H23F2N5O2/c1-22(2,3)27-21(26-20(30)16-10-9-15(31-4)11-17(16)24)25-19-12-18(28-29-19)13-5-7-14(23)8-6-13/h5-12,19H,1-4H3,(H2,25,26,27,30). The molecule has 2 aromatic carbocycles. The van der Waals surface area contributed by atoms with Gasteiger partial charge < -0.3 is 10.1 Å². The van der Waals surface area contributed by atoms with Gasteiger partial charge in [-0.25, -0.2) is 13.8 Å². The van der Waals surface area contributed by atoms with Crippen molar-refractivity contribution in [3.05, 3.63) is 71.3 Å². The maximum atomic E-state index is 14.3. The van der Waals surface area contributed by atoms with Crippen molar-refractivity contribution in [1.29, 1.82) is 0 Å². The molecule has 3 rings (SSSR count). The van der Waals surface area contributed by atoms with Gasteiger partial charge in [0.25, 0.3) is 5.91 Å². The quantitative estimate of drug-likeness (QED) is 0.564. The minimum absolute atomic E-state index is 0.119. The van der Waals surface area contributed by atoms with Gasteiger partial charge in [0, 0.05) is 17.2 Å². The van der Waals surface area contributed by atoms with Crippen LogP contribution in [0.5, 0.6) is 5.75 Å². The Labute approximate surface area is 178 Å². The minimum Gasteiger partial charge on any atom is -0.497 e. The zero-order chi connectivity index (χ0) is 22.6. The molecule has 1 amide bonds. The summed E-state index contributed by atoms with van der Waals surface area (Å²) >= 11 is 0. The second kappa shape index (κ2) is 9.03. The molecule has 0 aromatic heterocycles. The molecule has 162 valence electrons. The van der Waals surface area contributed by atoms with Crippen LogP contribution in [0.2, 0.25) is 0 Å². The lowest BCUT2D eigenvalue weighted by Gasteiger charge is -2.24. The molecular formula is C22H23F2N5O2. The molecule has 0 saturated carbocycles. The summed E-state index contributed by atoms with van der Waals surface area (Å²) in [5.74, 6) is -1.31. The molecule has 7 nitrogen and oxygen atoms in total. The highest BCUT2D eigenvalue weighted by Crippen LogP contribution is 2.24. The Hall–Kier alpha value is -3.62. The summed E-state index contributed by atoms with van der Waals surface area (Å²) < 4.78 is 32.4. The number of halogens is 2. The fourth-order valence-corrected chi connectivity index (χ4v) is 2.73. The third-order valence-electron chi connectivity index (χ3n) is 4.14. The minimum atomic E-state index is -0.717. The van der Waals surface area contributed by atoms with Crippen LogP contribution in [0, 0.1) is 11.6 Å². The molecule has 1 unspecified atom stereocenters. The molecule has 0 saturated heterocycles. The molecule has 1 heterocycles. The zero-order valence-electron chi connectivity index (χ0n) is 17.6. The van der Waals surface area contributed by atoms with E-state index in [4.69, 9.17) is 4.74 Å². The van der Waals surface area contributed by atoms with Crippen LogP contribution in [0.4, 0.5) is 8.78 Å². The Morgan fingerprint density at radius 1 is 1.13 bits per heavy atom. The van der Waals surface area contributed by atoms with Crippen molar-refractivity contribution in [1.82, 2.24) is 10.6 Å². The first-order chi connectivity index (χ1) is 14.6. The van der Waals surface area contributed by atoms with Crippen LogP contribution in [0.25, 0.3) is 5.70 Å². The Bertz CT molecular complexity index is 1060. The highest BCUT2D eigenvalue weighted by molar-refractivity contribution is 6.06. The first-order valence-electron chi connectivity index (χ1n) is 9.54. The number of nitrogens with one attached hydrogen (secondary N) is 2. The Kier molecular flexibility index (Phi) is 6.43. The second-order valence-corrected chi connectivity index (χ2v) is 7.84. The summed E-state index contributed by atoms with van der Waals surface area (Å²) in [7, 11) is 1.41. The van der Waals surface area contributed by atoms with Crippen molar-refractivity contribution in [2.75, 3.05) is 7.11 Å². The summed E-state index contributed by atoms with van der Waals surface area (Å²) in [5.41, 5.74) is 0.637. The Balaban J connectivity index is 1.82. The van der Waals surface area contributed by atoms with Crippen molar-refractivity contribution in [3.8, 4) is 5.75 Å². The van der Waals surface area contributed by atoms with Gasteiger partial charge in [-0.05, 0) is 63.2 Å². The Morgan fingerprint density at radius 3 is 2.45 bits per heavy atom. The van der Waals surface area contributed by atoms with Crippen molar-refractivity contribution in [3.63, 3.8) is 0 Å². The number of benzene rings is 2. The highest BCUT2D eigenvalue weighted by atomic mass is 19.1. The largest absolute Gasteiger partial charge is 0.497 e. The molecule has 9 heteroatoms. The number of hydrogen-bond acceptors (Lipinski definition) is 5. The van der Waals surface area contributed by atoms with Crippen LogP contribution in [0.3, 0.4) is 0 Å². The first-order valence-corrected chi connectivity index (χ1v) is 9.54. The van der Waals surface area contributed by atoms with Gasteiger partial charge in [-0.2, -0.15) is 10.2 Å². The number of nitrogens with zero attached hydrogens (tertiary/aromatic N) is 3. The van der Waals surface area contributed by atoms with Crippen LogP contribution >= 0.6 is 0 Å². The van der Waals surface area contributed by atoms with E-state index in [0.29, 0.717) is 17.0 Å². The summed E-state index contributed by atoms with van der Waals surface area (Å²) in [6.07, 6.45) is 0.975. The van der Waals surface area contributed by atoms with Crippen molar-refractivity contribution in [2.45, 2.75) is 32.5 Å². The average Bonchev–Trinajstić information content (AvgIpc) is 3.15. The number of hydrogen-bond donors (Lipinski definition) is 2. The summed E-state index contributed by atoms with van der Waals surface area (Å²) in [6, 6.07) is 9.81. The van der Waals surface area contributed by atoms with Crippen LogP contribution in [0.15, 0.2) is 63.8 Å². The molecule has 0 radical (unpaired) electrons. The molecule has 31 heavy (non-hydrogen) atoms. The number of methoxy groups -OCH3 is 1. The third kappa shape index (κ3) is 5.94. The van der Waals surface area contributed by atoms with Gasteiger partial charge in [0.1, 0.15) is 17.4 Å². The van der Waals surface area contributed by atoms with Gasteiger partial charge in [-0.3, -0.25) is 10.1 Å². The third-order valence-corrected chi connectivity index (χ3v) is 4.14. The molecule has 0 aliphatic carbocycles. The van der Waals surface area contributed by atoms with Gasteiger partial charge in [0.2, 0.25) is 5.96 Å². The van der Waals surface area contributed by atoms with E-state index in [0.717, 1.165) is 6.07 Å². The number of guanidine groups is 1. The number of amides is 1. The lowest BCUT2D eigenvalue weighted by molar-refractivity contribution is 0.0971. The maximum Gasteiger partial charge on any atom is 0.260 e. The Morgan fingerprint density at radius 2 is 1.84 bits per heavy atom. The number of rotatable bonds is 4. The van der Waals surface area contributed by atoms with E-state index in [9.17, 15) is 13.6 Å². The number of carbonyl (C=O) groups excluding carboxylic acids is 1. The van der Waals surface area contributed by atoms with E-state index < -0.39 is 23.4 Å². The van der Waals surface area contributed by atoms with Gasteiger partial charge >= 0.3 is 0 Å². The van der Waals surface area contributed by atoms with E-state index in [1.54, 1.807) is 18.2 Å². The number of aliphatic imine (C=N–C) groups is 1. The molecule has 0 fully saturated rings. The number of carbonyl (C=O) groups is 1. The van der Waals surface area contributed by atoms with Crippen molar-refractivity contribution >= 4 is 17.6 Å². The topological polar surface area (TPSA) is 87.4 Å². The van der Waals surface area contributed by atoms with Gasteiger partial charge in [-0.1, -0.05) is 0 Å². The zero-order valence-corrected chi connectivity index (χ0v) is 17.6. The molecule has 0 bridgehead atoms. The fraction of sp³-hybridized carbons (Fsp3) is 0.273. The van der Waals surface area contributed by atoms with E-state index >= 15 is 0 Å². The van der Waals surface area contributed by atoms with Crippen LogP contribution in [-0.4, -0.2) is 30.7 Å². The summed E-state index contributed by atoms with van der Waals surface area (Å²) in [6.45, 7) is 5.66. The van der Waals surface area contributed by atoms with E-state index in [1.807, 2.05) is 20.8 Å². The van der Waals surface area contributed by atoms with Crippen LogP contribution in [-0.2, 0) is 0 Å². The average molecular weight is 427 g/mol. The molecule has 1 aliphatic rings. The maximum absolute atomic E-state index is 14.3. The molecule has 1 aliphatic heterocycles.